The van der Waals surface area contributed by atoms with Crippen molar-refractivity contribution in [3.05, 3.63) is 112 Å². The summed E-state index contributed by atoms with van der Waals surface area (Å²) in [6.45, 7) is 0. The molecule has 33 heavy (non-hydrogen) atoms. The zero-order valence-corrected chi connectivity index (χ0v) is 19.7. The molecule has 3 aromatic carbocycles. The molecule has 5 aromatic rings. The molecule has 5 nitrogen and oxygen atoms in total. The van der Waals surface area contributed by atoms with Crippen LogP contribution in [-0.2, 0) is 0 Å². The van der Waals surface area contributed by atoms with Gasteiger partial charge in [-0.2, -0.15) is 0 Å². The summed E-state index contributed by atoms with van der Waals surface area (Å²) in [5.41, 5.74) is 2.47. The molecule has 0 aliphatic rings. The summed E-state index contributed by atoms with van der Waals surface area (Å²) >= 11 is 4.79. The number of carbonyl (C=O) groups excluding carboxylic acids is 1. The number of Topliss-reactive ketones (excluding diaryl/α,β-unsaturated/α-hetero) is 1. The van der Waals surface area contributed by atoms with Crippen molar-refractivity contribution < 1.29 is 9.21 Å². The lowest BCUT2D eigenvalue weighted by molar-refractivity contribution is 0.102. The second kappa shape index (κ2) is 9.21. The number of rotatable bonds is 6. The van der Waals surface area contributed by atoms with Crippen LogP contribution in [0, 0.1) is 0 Å². The summed E-state index contributed by atoms with van der Waals surface area (Å²) in [6.07, 6.45) is 1.81. The van der Waals surface area contributed by atoms with Gasteiger partial charge in [-0.05, 0) is 36.4 Å². The van der Waals surface area contributed by atoms with Crippen LogP contribution in [0.3, 0.4) is 0 Å². The van der Waals surface area contributed by atoms with Gasteiger partial charge in [0.25, 0.3) is 0 Å². The van der Waals surface area contributed by atoms with E-state index in [1.165, 1.54) is 11.8 Å². The monoisotopic (exact) mass is 516 g/mol. The Morgan fingerprint density at radius 2 is 1.70 bits per heavy atom. The Kier molecular flexibility index (Phi) is 5.98. The van der Waals surface area contributed by atoms with Crippen LogP contribution in [0.25, 0.3) is 27.9 Å². The SMILES string of the molecule is O=C(CSc1nc(-c2cc3ccccc3oc2=O)cn1-c1ccc(Br)cc1)c1ccccc1. The number of nitrogens with zero attached hydrogens (tertiary/aromatic N) is 2. The highest BCUT2D eigenvalue weighted by Gasteiger charge is 2.17. The van der Waals surface area contributed by atoms with Gasteiger partial charge in [0.2, 0.25) is 0 Å². The van der Waals surface area contributed by atoms with Crippen LogP contribution in [-0.4, -0.2) is 21.1 Å². The van der Waals surface area contributed by atoms with Gasteiger partial charge in [-0.1, -0.05) is 76.2 Å². The minimum Gasteiger partial charge on any atom is -0.422 e. The maximum absolute atomic E-state index is 12.7. The molecule has 0 bridgehead atoms. The third-order valence-corrected chi connectivity index (χ3v) is 6.61. The minimum absolute atomic E-state index is 0.0118. The highest BCUT2D eigenvalue weighted by Crippen LogP contribution is 2.28. The first kappa shape index (κ1) is 21.4. The fraction of sp³-hybridized carbons (Fsp3) is 0.0385. The van der Waals surface area contributed by atoms with Crippen LogP contribution in [0.5, 0.6) is 0 Å². The highest BCUT2D eigenvalue weighted by molar-refractivity contribution is 9.10. The molecule has 0 saturated heterocycles. The van der Waals surface area contributed by atoms with E-state index in [2.05, 4.69) is 15.9 Å². The molecular formula is C26H17BrN2O3S. The fourth-order valence-corrected chi connectivity index (χ4v) is 4.61. The second-order valence-corrected chi connectivity index (χ2v) is 9.18. The van der Waals surface area contributed by atoms with Gasteiger partial charge >= 0.3 is 5.63 Å². The zero-order chi connectivity index (χ0) is 22.8. The van der Waals surface area contributed by atoms with Crippen LogP contribution in [0.4, 0.5) is 0 Å². The number of hydrogen-bond donors (Lipinski definition) is 0. The molecule has 0 radical (unpaired) electrons. The smallest absolute Gasteiger partial charge is 0.345 e. The maximum Gasteiger partial charge on any atom is 0.345 e. The molecule has 0 N–H and O–H groups in total. The van der Waals surface area contributed by atoms with Crippen molar-refractivity contribution >= 4 is 44.4 Å². The maximum atomic E-state index is 12.7. The number of thioether (sulfide) groups is 1. The second-order valence-electron chi connectivity index (χ2n) is 7.32. The van der Waals surface area contributed by atoms with Crippen LogP contribution >= 0.6 is 27.7 Å². The number of fused-ring (bicyclic) bond motifs is 1. The first-order valence-electron chi connectivity index (χ1n) is 10.2. The Hall–Kier alpha value is -3.42. The van der Waals surface area contributed by atoms with E-state index in [0.717, 1.165) is 15.5 Å². The Morgan fingerprint density at radius 3 is 2.48 bits per heavy atom. The molecule has 5 rings (SSSR count). The molecule has 0 saturated carbocycles. The van der Waals surface area contributed by atoms with E-state index in [-0.39, 0.29) is 11.5 Å². The van der Waals surface area contributed by atoms with Crippen LogP contribution in [0.2, 0.25) is 0 Å². The molecule has 0 fully saturated rings. The molecule has 7 heteroatoms. The lowest BCUT2D eigenvalue weighted by Gasteiger charge is -2.07. The van der Waals surface area contributed by atoms with Crippen LogP contribution < -0.4 is 5.63 Å². The number of para-hydroxylation sites is 1. The first-order valence-corrected chi connectivity index (χ1v) is 12.0. The van der Waals surface area contributed by atoms with Gasteiger partial charge in [-0.3, -0.25) is 9.36 Å². The minimum atomic E-state index is -0.453. The van der Waals surface area contributed by atoms with Crippen molar-refractivity contribution in [2.45, 2.75) is 5.16 Å². The number of benzene rings is 3. The molecule has 0 spiro atoms. The summed E-state index contributed by atoms with van der Waals surface area (Å²) in [5, 5.41) is 1.43. The molecule has 0 aliphatic carbocycles. The predicted octanol–water partition coefficient (Wildman–Crippen LogP) is 6.38. The average molecular weight is 517 g/mol. The number of halogens is 1. The Morgan fingerprint density at radius 1 is 0.970 bits per heavy atom. The van der Waals surface area contributed by atoms with E-state index in [0.29, 0.717) is 27.6 Å². The van der Waals surface area contributed by atoms with E-state index in [4.69, 9.17) is 9.40 Å². The number of carbonyl (C=O) groups is 1. The van der Waals surface area contributed by atoms with Crippen molar-refractivity contribution in [1.29, 1.82) is 0 Å². The molecule has 0 amide bonds. The molecule has 0 aliphatic heterocycles. The average Bonchev–Trinajstić information content (AvgIpc) is 3.27. The van der Waals surface area contributed by atoms with Gasteiger partial charge in [-0.15, -0.1) is 0 Å². The van der Waals surface area contributed by atoms with Crippen molar-refractivity contribution in [1.82, 2.24) is 9.55 Å². The largest absolute Gasteiger partial charge is 0.422 e. The van der Waals surface area contributed by atoms with E-state index in [1.807, 2.05) is 65.2 Å². The quantitative estimate of drug-likeness (QED) is 0.149. The van der Waals surface area contributed by atoms with Crippen molar-refractivity contribution in [3.63, 3.8) is 0 Å². The molecule has 2 heterocycles. The van der Waals surface area contributed by atoms with Gasteiger partial charge in [0, 0.05) is 27.3 Å². The van der Waals surface area contributed by atoms with Crippen molar-refractivity contribution in [2.75, 3.05) is 5.75 Å². The Labute approximate surface area is 202 Å². The lowest BCUT2D eigenvalue weighted by Crippen LogP contribution is -2.04. The van der Waals surface area contributed by atoms with Crippen molar-refractivity contribution in [3.8, 4) is 16.9 Å². The van der Waals surface area contributed by atoms with Crippen LogP contribution in [0.15, 0.2) is 110 Å². The van der Waals surface area contributed by atoms with Crippen molar-refractivity contribution in [2.24, 2.45) is 0 Å². The van der Waals surface area contributed by atoms with E-state index in [1.54, 1.807) is 30.5 Å². The Bertz CT molecular complexity index is 1510. The highest BCUT2D eigenvalue weighted by atomic mass is 79.9. The number of imidazole rings is 1. The standard InChI is InChI=1S/C26H17BrN2O3S/c27-19-10-12-20(13-11-19)29-15-22(21-14-18-8-4-5-9-24(18)32-25(21)31)28-26(29)33-16-23(30)17-6-2-1-3-7-17/h1-15H,16H2. The number of ketones is 1. The van der Waals surface area contributed by atoms with E-state index >= 15 is 0 Å². The molecular weight excluding hydrogens is 500 g/mol. The van der Waals surface area contributed by atoms with E-state index in [9.17, 15) is 9.59 Å². The molecule has 0 atom stereocenters. The predicted molar refractivity (Wildman–Crippen MR) is 134 cm³/mol. The van der Waals surface area contributed by atoms with Crippen LogP contribution in [0.1, 0.15) is 10.4 Å². The fourth-order valence-electron chi connectivity index (χ4n) is 3.46. The molecule has 162 valence electrons. The summed E-state index contributed by atoms with van der Waals surface area (Å²) in [6, 6.07) is 26.1. The van der Waals surface area contributed by atoms with Gasteiger partial charge < -0.3 is 4.42 Å². The first-order chi connectivity index (χ1) is 16.1. The lowest BCUT2D eigenvalue weighted by atomic mass is 10.1. The molecule has 2 aromatic heterocycles. The molecule has 0 unspecified atom stereocenters. The number of aromatic nitrogens is 2. The zero-order valence-electron chi connectivity index (χ0n) is 17.3. The summed E-state index contributed by atoms with van der Waals surface area (Å²) in [7, 11) is 0. The normalized spacial score (nSPS) is 11.1. The summed E-state index contributed by atoms with van der Waals surface area (Å²) in [4.78, 5) is 30.1. The third kappa shape index (κ3) is 4.55. The Balaban J connectivity index is 1.55. The van der Waals surface area contributed by atoms with Gasteiger partial charge in [0.1, 0.15) is 5.58 Å². The summed E-state index contributed by atoms with van der Waals surface area (Å²) < 4.78 is 8.34. The number of hydrogen-bond acceptors (Lipinski definition) is 5. The van der Waals surface area contributed by atoms with Gasteiger partial charge in [0.15, 0.2) is 10.9 Å². The van der Waals surface area contributed by atoms with E-state index < -0.39 is 5.63 Å². The summed E-state index contributed by atoms with van der Waals surface area (Å²) in [5.74, 6) is 0.237. The third-order valence-electron chi connectivity index (χ3n) is 5.12. The van der Waals surface area contributed by atoms with Gasteiger partial charge in [0.05, 0.1) is 17.0 Å². The topological polar surface area (TPSA) is 65.1 Å². The van der Waals surface area contributed by atoms with Gasteiger partial charge in [-0.25, -0.2) is 9.78 Å².